The Hall–Kier alpha value is -0.810. The van der Waals surface area contributed by atoms with Gasteiger partial charge < -0.3 is 4.74 Å². The van der Waals surface area contributed by atoms with Gasteiger partial charge in [-0.15, -0.1) is 0 Å². The first-order chi connectivity index (χ1) is 10.1. The third-order valence-electron chi connectivity index (χ3n) is 2.83. The van der Waals surface area contributed by atoms with Crippen molar-refractivity contribution in [3.8, 4) is 0 Å². The van der Waals surface area contributed by atoms with E-state index in [0.717, 1.165) is 12.8 Å². The molecule has 4 nitrogen and oxygen atoms in total. The minimum Gasteiger partial charge on any atom is -0.465 e. The van der Waals surface area contributed by atoms with Gasteiger partial charge in [-0.1, -0.05) is 51.1 Å². The van der Waals surface area contributed by atoms with Crippen LogP contribution < -0.4 is 0 Å². The van der Waals surface area contributed by atoms with Crippen LogP contribution in [-0.4, -0.2) is 28.8 Å². The number of esters is 1. The fourth-order valence-electron chi connectivity index (χ4n) is 1.74. The highest BCUT2D eigenvalue weighted by atomic mass is 35.5. The summed E-state index contributed by atoms with van der Waals surface area (Å²) in [6.45, 7) is 10.2. The molecule has 1 aliphatic rings. The Morgan fingerprint density at radius 2 is 1.95 bits per heavy atom. The number of hydrogen-bond acceptors (Lipinski definition) is 5. The van der Waals surface area contributed by atoms with Crippen LogP contribution in [0.25, 0.3) is 0 Å². The zero-order chi connectivity index (χ0) is 16.5. The number of rotatable bonds is 4. The minimum atomic E-state index is -0.593. The Morgan fingerprint density at radius 3 is 2.33 bits per heavy atom. The average Bonchev–Trinajstić information content (AvgIpc) is 3.33. The first-order valence-corrected chi connectivity index (χ1v) is 8.98. The summed E-state index contributed by atoms with van der Waals surface area (Å²) < 4.78 is 5.08. The highest BCUT2D eigenvalue weighted by molar-refractivity contribution is 7.98. The Morgan fingerprint density at radius 1 is 1.38 bits per heavy atom. The molecular formula is C15H25ClN2O2S. The third kappa shape index (κ3) is 4.85. The van der Waals surface area contributed by atoms with Gasteiger partial charge in [0.15, 0.2) is 5.16 Å². The first-order valence-electron chi connectivity index (χ1n) is 7.38. The SMILES string of the molecule is CC.CC.CCOC(=O)C1(c2cnc(SC)nc2Cl)CC1. The lowest BCUT2D eigenvalue weighted by atomic mass is 9.99. The third-order valence-corrected chi connectivity index (χ3v) is 3.68. The number of hydrogen-bond donors (Lipinski definition) is 0. The predicted molar refractivity (Wildman–Crippen MR) is 89.1 cm³/mol. The number of thioether (sulfide) groups is 1. The number of ether oxygens (including phenoxy) is 1. The second-order valence-corrected chi connectivity index (χ2v) is 5.00. The molecule has 0 amide bonds. The maximum Gasteiger partial charge on any atom is 0.316 e. The molecule has 21 heavy (non-hydrogen) atoms. The summed E-state index contributed by atoms with van der Waals surface area (Å²) in [4.78, 5) is 20.2. The molecule has 0 saturated heterocycles. The summed E-state index contributed by atoms with van der Waals surface area (Å²) >= 11 is 7.52. The van der Waals surface area contributed by atoms with Crippen molar-refractivity contribution in [1.82, 2.24) is 9.97 Å². The van der Waals surface area contributed by atoms with Crippen molar-refractivity contribution in [3.05, 3.63) is 16.9 Å². The molecule has 1 aromatic heterocycles. The highest BCUT2D eigenvalue weighted by Crippen LogP contribution is 2.50. The summed E-state index contributed by atoms with van der Waals surface area (Å²) in [5, 5.41) is 0.966. The maximum absolute atomic E-state index is 11.9. The van der Waals surface area contributed by atoms with Crippen molar-refractivity contribution >= 4 is 29.3 Å². The summed E-state index contributed by atoms with van der Waals surface area (Å²) in [6.07, 6.45) is 5.04. The fraction of sp³-hybridized carbons (Fsp3) is 0.667. The van der Waals surface area contributed by atoms with Crippen LogP contribution in [0.5, 0.6) is 0 Å². The summed E-state index contributed by atoms with van der Waals surface area (Å²) in [6, 6.07) is 0. The van der Waals surface area contributed by atoms with Gasteiger partial charge in [0.2, 0.25) is 0 Å². The summed E-state index contributed by atoms with van der Waals surface area (Å²) in [7, 11) is 0. The smallest absolute Gasteiger partial charge is 0.316 e. The monoisotopic (exact) mass is 332 g/mol. The van der Waals surface area contributed by atoms with Gasteiger partial charge in [0.05, 0.1) is 12.0 Å². The number of carbonyl (C=O) groups excluding carboxylic acids is 1. The normalized spacial score (nSPS) is 14.0. The zero-order valence-electron chi connectivity index (χ0n) is 13.7. The molecule has 0 aromatic carbocycles. The van der Waals surface area contributed by atoms with Crippen molar-refractivity contribution < 1.29 is 9.53 Å². The first kappa shape index (κ1) is 20.2. The van der Waals surface area contributed by atoms with Gasteiger partial charge in [0.1, 0.15) is 5.15 Å². The second kappa shape index (κ2) is 10.0. The van der Waals surface area contributed by atoms with Gasteiger partial charge in [-0.25, -0.2) is 9.97 Å². The lowest BCUT2D eigenvalue weighted by Crippen LogP contribution is -2.24. The average molecular weight is 333 g/mol. The van der Waals surface area contributed by atoms with Crippen molar-refractivity contribution in [3.63, 3.8) is 0 Å². The molecule has 0 unspecified atom stereocenters. The number of halogens is 1. The molecule has 1 fully saturated rings. The molecule has 2 rings (SSSR count). The Balaban J connectivity index is 0.000000921. The Bertz CT molecular complexity index is 451. The highest BCUT2D eigenvalue weighted by Gasteiger charge is 2.54. The second-order valence-electron chi connectivity index (χ2n) is 3.86. The molecule has 0 bridgehead atoms. The van der Waals surface area contributed by atoms with E-state index in [-0.39, 0.29) is 5.97 Å². The van der Waals surface area contributed by atoms with Crippen LogP contribution in [0.15, 0.2) is 11.4 Å². The topological polar surface area (TPSA) is 52.1 Å². The van der Waals surface area contributed by atoms with Gasteiger partial charge in [-0.2, -0.15) is 0 Å². The van der Waals surface area contributed by atoms with E-state index in [0.29, 0.717) is 22.5 Å². The molecule has 0 atom stereocenters. The van der Waals surface area contributed by atoms with Gasteiger partial charge >= 0.3 is 5.97 Å². The predicted octanol–water partition coefficient (Wildman–Crippen LogP) is 4.50. The van der Waals surface area contributed by atoms with Crippen molar-refractivity contribution in [1.29, 1.82) is 0 Å². The molecule has 1 aliphatic carbocycles. The van der Waals surface area contributed by atoms with Crippen LogP contribution in [0, 0.1) is 0 Å². The van der Waals surface area contributed by atoms with Crippen molar-refractivity contribution in [2.75, 3.05) is 12.9 Å². The number of carbonyl (C=O) groups is 1. The molecular weight excluding hydrogens is 308 g/mol. The van der Waals surface area contributed by atoms with Crippen LogP contribution >= 0.6 is 23.4 Å². The van der Waals surface area contributed by atoms with Crippen LogP contribution in [-0.2, 0) is 14.9 Å². The van der Waals surface area contributed by atoms with E-state index in [9.17, 15) is 4.79 Å². The van der Waals surface area contributed by atoms with E-state index < -0.39 is 5.41 Å². The Kier molecular flexibility index (Phi) is 9.62. The molecule has 0 radical (unpaired) electrons. The molecule has 1 saturated carbocycles. The molecule has 1 heterocycles. The van der Waals surface area contributed by atoms with Crippen molar-refractivity contribution in [2.24, 2.45) is 0 Å². The van der Waals surface area contributed by atoms with E-state index in [4.69, 9.17) is 16.3 Å². The van der Waals surface area contributed by atoms with Crippen LogP contribution in [0.1, 0.15) is 53.0 Å². The number of aromatic nitrogens is 2. The summed E-state index contributed by atoms with van der Waals surface area (Å²) in [5.74, 6) is -0.220. The van der Waals surface area contributed by atoms with Gasteiger partial charge in [-0.3, -0.25) is 4.79 Å². The molecule has 6 heteroatoms. The molecule has 0 N–H and O–H groups in total. The molecule has 0 aliphatic heterocycles. The quantitative estimate of drug-likeness (QED) is 0.351. The number of nitrogens with zero attached hydrogens (tertiary/aromatic N) is 2. The van der Waals surface area contributed by atoms with E-state index in [1.807, 2.05) is 34.0 Å². The molecule has 0 spiro atoms. The van der Waals surface area contributed by atoms with E-state index in [2.05, 4.69) is 9.97 Å². The van der Waals surface area contributed by atoms with Crippen LogP contribution in [0.2, 0.25) is 5.15 Å². The van der Waals surface area contributed by atoms with Gasteiger partial charge in [0, 0.05) is 11.8 Å². The Labute approximate surface area is 137 Å². The standard InChI is InChI=1S/C11H13ClN2O2S.2C2H6/c1-3-16-9(15)11(4-5-11)7-6-13-10(17-2)14-8(7)12;2*1-2/h6H,3-5H2,1-2H3;2*1-2H3. The maximum atomic E-state index is 11.9. The largest absolute Gasteiger partial charge is 0.465 e. The van der Waals surface area contributed by atoms with E-state index in [1.54, 1.807) is 13.1 Å². The van der Waals surface area contributed by atoms with E-state index in [1.165, 1.54) is 11.8 Å². The van der Waals surface area contributed by atoms with E-state index >= 15 is 0 Å². The summed E-state index contributed by atoms with van der Waals surface area (Å²) in [5.41, 5.74) is 0.0970. The van der Waals surface area contributed by atoms with Crippen LogP contribution in [0.4, 0.5) is 0 Å². The zero-order valence-corrected chi connectivity index (χ0v) is 15.3. The van der Waals surface area contributed by atoms with Gasteiger partial charge in [0.25, 0.3) is 0 Å². The lowest BCUT2D eigenvalue weighted by molar-refractivity contribution is -0.146. The minimum absolute atomic E-state index is 0.220. The fourth-order valence-corrected chi connectivity index (χ4v) is 2.44. The lowest BCUT2D eigenvalue weighted by Gasteiger charge is -2.14. The van der Waals surface area contributed by atoms with Crippen LogP contribution in [0.3, 0.4) is 0 Å². The van der Waals surface area contributed by atoms with Crippen molar-refractivity contribution in [2.45, 2.75) is 58.0 Å². The molecule has 1 aromatic rings. The van der Waals surface area contributed by atoms with Gasteiger partial charge in [-0.05, 0) is 26.0 Å². The molecule has 120 valence electrons.